The molecule has 0 radical (unpaired) electrons. The van der Waals surface area contributed by atoms with Crippen LogP contribution in [-0.4, -0.2) is 62.4 Å². The number of nitrogens with two attached hydrogens (primary N) is 1. The van der Waals surface area contributed by atoms with Gasteiger partial charge >= 0.3 is 0 Å². The second kappa shape index (κ2) is 14.2. The lowest BCUT2D eigenvalue weighted by Gasteiger charge is -2.34. The summed E-state index contributed by atoms with van der Waals surface area (Å²) in [6.45, 7) is 5.98. The summed E-state index contributed by atoms with van der Waals surface area (Å²) in [5.74, 6) is -2.74. The predicted molar refractivity (Wildman–Crippen MR) is 163 cm³/mol. The molecule has 1 saturated heterocycles. The molecule has 1 aliphatic carbocycles. The Morgan fingerprint density at radius 3 is 2.41 bits per heavy atom. The molecule has 226 valence electrons. The van der Waals surface area contributed by atoms with Crippen LogP contribution in [0.3, 0.4) is 0 Å². The lowest BCUT2D eigenvalue weighted by atomic mass is 9.92. The largest absolute Gasteiger partial charge is 0.367 e. The van der Waals surface area contributed by atoms with Crippen molar-refractivity contribution in [3.8, 4) is 11.1 Å². The maximum absolute atomic E-state index is 14.8. The third-order valence-corrected chi connectivity index (χ3v) is 7.16. The molecule has 0 amide bonds. The number of halogens is 4. The molecular formula is C28H39F4N7S2. The van der Waals surface area contributed by atoms with Crippen LogP contribution in [0.1, 0.15) is 57.2 Å². The Hall–Kier alpha value is -2.38. The van der Waals surface area contributed by atoms with E-state index in [1.54, 1.807) is 26.1 Å². The summed E-state index contributed by atoms with van der Waals surface area (Å²) < 4.78 is 51.7. The van der Waals surface area contributed by atoms with E-state index < -0.39 is 15.8 Å². The number of alkyl halides is 3. The van der Waals surface area contributed by atoms with E-state index in [2.05, 4.69) is 45.6 Å². The van der Waals surface area contributed by atoms with E-state index in [4.69, 9.17) is 5.73 Å². The molecule has 0 atom stereocenters. The van der Waals surface area contributed by atoms with Gasteiger partial charge in [0.05, 0.1) is 40.4 Å². The Bertz CT molecular complexity index is 1340. The summed E-state index contributed by atoms with van der Waals surface area (Å²) in [7, 11) is 1.61. The normalized spacial score (nSPS) is 17.2. The number of likely N-dealkylation sites (tertiary alicyclic amines) is 1. The van der Waals surface area contributed by atoms with Crippen LogP contribution in [0, 0.1) is 12.7 Å². The average Bonchev–Trinajstić information content (AvgIpc) is 3.36. The Kier molecular flexibility index (Phi) is 11.5. The van der Waals surface area contributed by atoms with Crippen LogP contribution in [0.15, 0.2) is 34.6 Å². The van der Waals surface area contributed by atoms with Crippen LogP contribution in [0.2, 0.25) is 0 Å². The molecule has 3 aromatic rings. The van der Waals surface area contributed by atoms with Gasteiger partial charge in [-0.15, -0.1) is 5.10 Å². The minimum absolute atomic E-state index is 0.0116. The summed E-state index contributed by atoms with van der Waals surface area (Å²) >= 11 is 8.89. The minimum Gasteiger partial charge on any atom is -0.367 e. The van der Waals surface area contributed by atoms with Crippen LogP contribution in [0.5, 0.6) is 0 Å². The molecule has 2 fully saturated rings. The minimum atomic E-state index is -2.39. The lowest BCUT2D eigenvalue weighted by molar-refractivity contribution is 0.00252. The SMILES string of the molecule is CCCF.CN=Nc1ccc(-c2c(F)cn3nc(N)nc(CC(C)(S)S)c23)cc1C.FC1(F)CCN(C2CCC2)C1. The summed E-state index contributed by atoms with van der Waals surface area (Å²) in [6.07, 6.45) is 5.91. The van der Waals surface area contributed by atoms with E-state index >= 15 is 0 Å². The van der Waals surface area contributed by atoms with Crippen LogP contribution in [0.4, 0.5) is 29.2 Å². The fourth-order valence-corrected chi connectivity index (χ4v) is 5.01. The number of rotatable bonds is 6. The first kappa shape index (κ1) is 33.1. The molecule has 3 heterocycles. The van der Waals surface area contributed by atoms with Gasteiger partial charge in [-0.05, 0) is 56.4 Å². The first-order valence-corrected chi connectivity index (χ1v) is 14.5. The smallest absolute Gasteiger partial charge is 0.261 e. The highest BCUT2D eigenvalue weighted by molar-refractivity contribution is 8.00. The molecule has 5 rings (SSSR count). The van der Waals surface area contributed by atoms with Crippen molar-refractivity contribution >= 4 is 42.4 Å². The van der Waals surface area contributed by atoms with Crippen LogP contribution in [0.25, 0.3) is 16.6 Å². The van der Waals surface area contributed by atoms with E-state index in [9.17, 15) is 17.6 Å². The zero-order valence-corrected chi connectivity index (χ0v) is 25.7. The van der Waals surface area contributed by atoms with Crippen molar-refractivity contribution in [3.05, 3.63) is 41.5 Å². The van der Waals surface area contributed by atoms with Crippen LogP contribution in [-0.2, 0) is 6.42 Å². The quantitative estimate of drug-likeness (QED) is 0.116. The summed E-state index contributed by atoms with van der Waals surface area (Å²) in [6, 6.07) is 5.96. The lowest BCUT2D eigenvalue weighted by Crippen LogP contribution is -2.39. The number of fused-ring (bicyclic) bond motifs is 1. The molecule has 2 aromatic heterocycles. The van der Waals surface area contributed by atoms with Crippen molar-refractivity contribution in [2.75, 3.05) is 32.5 Å². The van der Waals surface area contributed by atoms with E-state index in [1.165, 1.54) is 17.1 Å². The van der Waals surface area contributed by atoms with Gasteiger partial charge in [0.2, 0.25) is 5.95 Å². The first-order chi connectivity index (χ1) is 19.3. The standard InChI is InChI=1S/C17H19FN6S2.C8H13F2N.C3H7F/c1-9-6-10(4-5-12(9)22-20-3)14-11(18)8-24-15(14)13(7-17(2,25)26)21-16(19)23-24;9-8(10)4-5-11(6-8)7-2-1-3-7;1-2-3-4/h4-6,8,25-26H,7H2,1-3H3,(H2,19,23);7H,1-6H2;2-3H2,1H3. The molecule has 7 nitrogen and oxygen atoms in total. The Morgan fingerprint density at radius 2 is 1.93 bits per heavy atom. The number of hydrogen-bond acceptors (Lipinski definition) is 8. The molecule has 13 heteroatoms. The van der Waals surface area contributed by atoms with Gasteiger partial charge in [0, 0.05) is 38.0 Å². The maximum atomic E-state index is 14.8. The molecule has 1 saturated carbocycles. The topological polar surface area (TPSA) is 84.2 Å². The first-order valence-electron chi connectivity index (χ1n) is 13.6. The number of aryl methyl sites for hydroxylation is 1. The fraction of sp³-hybridized carbons (Fsp3) is 0.571. The van der Waals surface area contributed by atoms with Gasteiger partial charge in [0.25, 0.3) is 5.92 Å². The number of nitrogens with zero attached hydrogens (tertiary/aromatic N) is 6. The van der Waals surface area contributed by atoms with Gasteiger partial charge in [0.15, 0.2) is 5.82 Å². The van der Waals surface area contributed by atoms with Crippen molar-refractivity contribution in [2.24, 2.45) is 10.2 Å². The average molecular weight is 614 g/mol. The molecule has 0 spiro atoms. The van der Waals surface area contributed by atoms with Gasteiger partial charge in [-0.2, -0.15) is 35.5 Å². The van der Waals surface area contributed by atoms with Gasteiger partial charge in [-0.3, -0.25) is 9.29 Å². The van der Waals surface area contributed by atoms with E-state index in [1.807, 2.05) is 24.8 Å². The summed E-state index contributed by atoms with van der Waals surface area (Å²) in [5.41, 5.74) is 9.65. The van der Waals surface area contributed by atoms with Gasteiger partial charge < -0.3 is 5.73 Å². The molecule has 0 unspecified atom stereocenters. The number of thiol groups is 2. The highest BCUT2D eigenvalue weighted by Gasteiger charge is 2.41. The van der Waals surface area contributed by atoms with Crippen molar-refractivity contribution < 1.29 is 17.6 Å². The van der Waals surface area contributed by atoms with Crippen LogP contribution < -0.4 is 5.73 Å². The van der Waals surface area contributed by atoms with Gasteiger partial charge in [-0.1, -0.05) is 19.4 Å². The fourth-order valence-electron chi connectivity index (χ4n) is 4.72. The number of azo groups is 1. The molecular weight excluding hydrogens is 574 g/mol. The number of aromatic nitrogens is 3. The van der Waals surface area contributed by atoms with Crippen molar-refractivity contribution in [3.63, 3.8) is 0 Å². The van der Waals surface area contributed by atoms with E-state index in [0.717, 1.165) is 24.1 Å². The van der Waals surface area contributed by atoms with E-state index in [0.29, 0.717) is 47.8 Å². The molecule has 41 heavy (non-hydrogen) atoms. The van der Waals surface area contributed by atoms with Gasteiger partial charge in [-0.25, -0.2) is 22.7 Å². The van der Waals surface area contributed by atoms with Crippen molar-refractivity contribution in [2.45, 2.75) is 75.3 Å². The second-order valence-electron chi connectivity index (χ2n) is 10.6. The number of nitrogen functional groups attached to an aromatic ring is 1. The molecule has 2 aliphatic rings. The Morgan fingerprint density at radius 1 is 1.24 bits per heavy atom. The predicted octanol–water partition coefficient (Wildman–Crippen LogP) is 7.50. The van der Waals surface area contributed by atoms with Crippen molar-refractivity contribution in [1.29, 1.82) is 0 Å². The third-order valence-electron chi connectivity index (χ3n) is 6.85. The van der Waals surface area contributed by atoms with Crippen molar-refractivity contribution in [1.82, 2.24) is 19.5 Å². The van der Waals surface area contributed by atoms with Gasteiger partial charge in [0.1, 0.15) is 0 Å². The Balaban J connectivity index is 0.000000252. The second-order valence-corrected chi connectivity index (χ2v) is 12.9. The third kappa shape index (κ3) is 9.05. The molecule has 1 aromatic carbocycles. The number of benzene rings is 1. The highest BCUT2D eigenvalue weighted by Crippen LogP contribution is 2.36. The zero-order valence-electron chi connectivity index (χ0n) is 23.9. The summed E-state index contributed by atoms with van der Waals surface area (Å²) in [4.78, 5) is 6.25. The Labute approximate surface area is 249 Å². The number of hydrogen-bond donors (Lipinski definition) is 3. The molecule has 1 aliphatic heterocycles. The van der Waals surface area contributed by atoms with E-state index in [-0.39, 0.29) is 25.6 Å². The summed E-state index contributed by atoms with van der Waals surface area (Å²) in [5, 5.41) is 11.9. The number of anilines is 1. The monoisotopic (exact) mass is 613 g/mol. The highest BCUT2D eigenvalue weighted by atomic mass is 32.2. The molecule has 2 N–H and O–H groups in total. The molecule has 0 bridgehead atoms. The maximum Gasteiger partial charge on any atom is 0.261 e. The van der Waals surface area contributed by atoms with Crippen LogP contribution >= 0.6 is 25.3 Å². The zero-order chi connectivity index (χ0) is 30.4.